The maximum Gasteiger partial charge on any atom is 0.247 e. The summed E-state index contributed by atoms with van der Waals surface area (Å²) in [7, 11) is 1.80. The molecular weight excluding hydrogens is 206 g/mol. The van der Waals surface area contributed by atoms with Crippen molar-refractivity contribution in [3.05, 3.63) is 23.3 Å². The van der Waals surface area contributed by atoms with Gasteiger partial charge in [0, 0.05) is 25.7 Å². The molecule has 1 aromatic rings. The molecule has 0 saturated carbocycles. The summed E-state index contributed by atoms with van der Waals surface area (Å²) in [4.78, 5) is 15.7. The van der Waals surface area contributed by atoms with Gasteiger partial charge in [0.1, 0.15) is 6.33 Å². The Bertz CT molecular complexity index is 428. The number of aromatic nitrogens is 3. The lowest BCUT2D eigenvalue weighted by Crippen LogP contribution is -2.37. The molecule has 0 aromatic carbocycles. The van der Waals surface area contributed by atoms with E-state index in [1.165, 1.54) is 5.57 Å². The van der Waals surface area contributed by atoms with Crippen LogP contribution in [0.5, 0.6) is 0 Å². The second kappa shape index (κ2) is 4.44. The van der Waals surface area contributed by atoms with Crippen LogP contribution in [-0.4, -0.2) is 33.8 Å². The molecule has 0 bridgehead atoms. The van der Waals surface area contributed by atoms with E-state index >= 15 is 0 Å². The van der Waals surface area contributed by atoms with Crippen molar-refractivity contribution in [1.29, 1.82) is 0 Å². The van der Waals surface area contributed by atoms with E-state index in [2.05, 4.69) is 20.7 Å². The van der Waals surface area contributed by atoms with Crippen LogP contribution in [-0.2, 0) is 18.4 Å². The zero-order valence-corrected chi connectivity index (χ0v) is 9.45. The first-order valence-electron chi connectivity index (χ1n) is 5.19. The van der Waals surface area contributed by atoms with E-state index in [4.69, 9.17) is 0 Å². The zero-order valence-electron chi connectivity index (χ0n) is 9.45. The molecule has 86 valence electrons. The van der Waals surface area contributed by atoms with Crippen molar-refractivity contribution in [2.75, 3.05) is 13.1 Å². The molecule has 1 fully saturated rings. The van der Waals surface area contributed by atoms with Crippen molar-refractivity contribution in [2.24, 2.45) is 7.05 Å². The molecule has 16 heavy (non-hydrogen) atoms. The second-order valence-corrected chi connectivity index (χ2v) is 3.85. The van der Waals surface area contributed by atoms with Crippen LogP contribution in [0.4, 0.5) is 0 Å². The number of hydrogen-bond donors (Lipinski definition) is 2. The molecule has 1 amide bonds. The molecular formula is C10H15N5O. The van der Waals surface area contributed by atoms with Crippen LogP contribution in [0.2, 0.25) is 0 Å². The molecule has 0 radical (unpaired) electrons. The molecule has 1 aromatic heterocycles. The molecule has 0 unspecified atom stereocenters. The van der Waals surface area contributed by atoms with Crippen molar-refractivity contribution < 1.29 is 4.79 Å². The van der Waals surface area contributed by atoms with Gasteiger partial charge in [-0.05, 0) is 12.5 Å². The van der Waals surface area contributed by atoms with E-state index in [0.29, 0.717) is 12.4 Å². The van der Waals surface area contributed by atoms with Crippen molar-refractivity contribution in [1.82, 2.24) is 25.4 Å². The minimum Gasteiger partial charge on any atom is -0.345 e. The fourth-order valence-corrected chi connectivity index (χ4v) is 1.43. The Morgan fingerprint density at radius 1 is 1.62 bits per heavy atom. The van der Waals surface area contributed by atoms with Crippen LogP contribution >= 0.6 is 0 Å². The molecule has 2 rings (SSSR count). The molecule has 1 saturated heterocycles. The highest BCUT2D eigenvalue weighted by atomic mass is 16.1. The summed E-state index contributed by atoms with van der Waals surface area (Å²) in [5, 5.41) is 9.99. The van der Waals surface area contributed by atoms with Gasteiger partial charge in [-0.2, -0.15) is 5.10 Å². The molecule has 0 atom stereocenters. The monoisotopic (exact) mass is 221 g/mol. The van der Waals surface area contributed by atoms with E-state index in [-0.39, 0.29) is 5.91 Å². The van der Waals surface area contributed by atoms with Gasteiger partial charge in [0.15, 0.2) is 5.82 Å². The van der Waals surface area contributed by atoms with Crippen molar-refractivity contribution >= 4 is 5.91 Å². The third-order valence-electron chi connectivity index (χ3n) is 2.60. The number of hydrogen-bond acceptors (Lipinski definition) is 4. The highest BCUT2D eigenvalue weighted by Crippen LogP contribution is 2.08. The molecule has 2 heterocycles. The first-order chi connectivity index (χ1) is 7.66. The summed E-state index contributed by atoms with van der Waals surface area (Å²) in [5.41, 5.74) is 1.97. The minimum atomic E-state index is -0.0380. The van der Waals surface area contributed by atoms with Crippen LogP contribution in [0.3, 0.4) is 0 Å². The minimum absolute atomic E-state index is 0.0380. The standard InChI is InChI=1S/C10H15N5O/c1-7(8-3-11-4-8)10(16)12-5-9-13-6-15(2)14-9/h6,11H,3-5H2,1-2H3,(H,12,16). The summed E-state index contributed by atoms with van der Waals surface area (Å²) < 4.78 is 1.61. The molecule has 0 spiro atoms. The number of aryl methyl sites for hydroxylation is 1. The van der Waals surface area contributed by atoms with E-state index in [1.54, 1.807) is 18.1 Å². The Balaban J connectivity index is 1.88. The highest BCUT2D eigenvalue weighted by molar-refractivity contribution is 5.93. The normalized spacial score (nSPS) is 14.5. The summed E-state index contributed by atoms with van der Waals surface area (Å²) >= 11 is 0. The number of nitrogens with zero attached hydrogens (tertiary/aromatic N) is 3. The highest BCUT2D eigenvalue weighted by Gasteiger charge is 2.15. The fourth-order valence-electron chi connectivity index (χ4n) is 1.43. The van der Waals surface area contributed by atoms with Gasteiger partial charge in [-0.1, -0.05) is 0 Å². The van der Waals surface area contributed by atoms with Crippen molar-refractivity contribution in [2.45, 2.75) is 13.5 Å². The Morgan fingerprint density at radius 3 is 2.88 bits per heavy atom. The van der Waals surface area contributed by atoms with Gasteiger partial charge in [-0.3, -0.25) is 9.48 Å². The predicted octanol–water partition coefficient (Wildman–Crippen LogP) is -0.649. The van der Waals surface area contributed by atoms with E-state index in [0.717, 1.165) is 18.7 Å². The SMILES string of the molecule is CC(C(=O)NCc1ncn(C)n1)=C1CNC1. The van der Waals surface area contributed by atoms with Gasteiger partial charge in [0.2, 0.25) is 5.91 Å². The quantitative estimate of drug-likeness (QED) is 0.665. The fraction of sp³-hybridized carbons (Fsp3) is 0.500. The molecule has 1 aliphatic rings. The van der Waals surface area contributed by atoms with Gasteiger partial charge in [0.05, 0.1) is 6.54 Å². The van der Waals surface area contributed by atoms with E-state index in [1.807, 2.05) is 6.92 Å². The summed E-state index contributed by atoms with van der Waals surface area (Å²) in [6.07, 6.45) is 1.61. The number of amides is 1. The van der Waals surface area contributed by atoms with Gasteiger partial charge >= 0.3 is 0 Å². The lowest BCUT2D eigenvalue weighted by atomic mass is 10.0. The van der Waals surface area contributed by atoms with Gasteiger partial charge < -0.3 is 10.6 Å². The van der Waals surface area contributed by atoms with Crippen molar-refractivity contribution in [3.8, 4) is 0 Å². The van der Waals surface area contributed by atoms with Gasteiger partial charge in [-0.25, -0.2) is 4.98 Å². The summed E-state index contributed by atoms with van der Waals surface area (Å²) in [5.74, 6) is 0.587. The largest absolute Gasteiger partial charge is 0.345 e. The van der Waals surface area contributed by atoms with Crippen LogP contribution in [0.1, 0.15) is 12.7 Å². The second-order valence-electron chi connectivity index (χ2n) is 3.85. The van der Waals surface area contributed by atoms with Crippen LogP contribution in [0.25, 0.3) is 0 Å². The number of nitrogens with one attached hydrogen (secondary N) is 2. The maximum atomic E-state index is 11.7. The van der Waals surface area contributed by atoms with Crippen molar-refractivity contribution in [3.63, 3.8) is 0 Å². The summed E-state index contributed by atoms with van der Waals surface area (Å²) in [6, 6.07) is 0. The number of carbonyl (C=O) groups is 1. The molecule has 0 aliphatic carbocycles. The first-order valence-corrected chi connectivity index (χ1v) is 5.19. The third-order valence-corrected chi connectivity index (χ3v) is 2.60. The van der Waals surface area contributed by atoms with Crippen LogP contribution in [0, 0.1) is 0 Å². The van der Waals surface area contributed by atoms with Crippen LogP contribution < -0.4 is 10.6 Å². The Morgan fingerprint density at radius 2 is 2.38 bits per heavy atom. The van der Waals surface area contributed by atoms with E-state index in [9.17, 15) is 4.79 Å². The predicted molar refractivity (Wildman–Crippen MR) is 58.4 cm³/mol. The molecule has 2 N–H and O–H groups in total. The lowest BCUT2D eigenvalue weighted by molar-refractivity contribution is -0.117. The first kappa shape index (κ1) is 10.8. The van der Waals surface area contributed by atoms with E-state index < -0.39 is 0 Å². The summed E-state index contributed by atoms with van der Waals surface area (Å²) in [6.45, 7) is 3.86. The Hall–Kier alpha value is -1.69. The molecule has 1 aliphatic heterocycles. The maximum absolute atomic E-state index is 11.7. The Labute approximate surface area is 93.7 Å². The lowest BCUT2D eigenvalue weighted by Gasteiger charge is -2.21. The topological polar surface area (TPSA) is 71.8 Å². The average molecular weight is 221 g/mol. The van der Waals surface area contributed by atoms with Gasteiger partial charge in [0.25, 0.3) is 0 Å². The number of rotatable bonds is 3. The Kier molecular flexibility index (Phi) is 3.00. The molecule has 6 nitrogen and oxygen atoms in total. The third kappa shape index (κ3) is 2.27. The number of carbonyl (C=O) groups excluding carboxylic acids is 1. The molecule has 6 heteroatoms. The van der Waals surface area contributed by atoms with Gasteiger partial charge in [-0.15, -0.1) is 0 Å². The average Bonchev–Trinajstić information content (AvgIpc) is 2.58. The van der Waals surface area contributed by atoms with Crippen LogP contribution in [0.15, 0.2) is 17.5 Å². The smallest absolute Gasteiger partial charge is 0.247 e. The zero-order chi connectivity index (χ0) is 11.5.